The van der Waals surface area contributed by atoms with Gasteiger partial charge in [-0.1, -0.05) is 0 Å². The molecule has 1 rings (SSSR count). The molecule has 0 aliphatic carbocycles. The number of hydrogen-bond acceptors (Lipinski definition) is 3. The summed E-state index contributed by atoms with van der Waals surface area (Å²) in [5.74, 6) is -0.184. The van der Waals surface area contributed by atoms with Crippen LogP contribution in [0.1, 0.15) is 13.3 Å². The Morgan fingerprint density at radius 1 is 1.82 bits per heavy atom. The fraction of sp³-hybridized carbons (Fsp3) is 0.571. The number of ketones is 1. The molecule has 0 saturated carbocycles. The molecule has 0 fully saturated rings. The van der Waals surface area contributed by atoms with Gasteiger partial charge in [0.05, 0.1) is 0 Å². The van der Waals surface area contributed by atoms with Crippen LogP contribution >= 0.6 is 11.6 Å². The van der Waals surface area contributed by atoms with Gasteiger partial charge < -0.3 is 9.84 Å². The maximum Gasteiger partial charge on any atom is 0.203 e. The number of carbonyl (C=O) groups is 1. The lowest BCUT2D eigenvalue weighted by atomic mass is 9.99. The lowest BCUT2D eigenvalue weighted by Crippen LogP contribution is -2.33. The molecule has 1 unspecified atom stereocenters. The van der Waals surface area contributed by atoms with Crippen molar-refractivity contribution >= 4 is 17.4 Å². The molecular weight excluding hydrogens is 168 g/mol. The van der Waals surface area contributed by atoms with Crippen molar-refractivity contribution in [2.24, 2.45) is 0 Å². The van der Waals surface area contributed by atoms with Gasteiger partial charge in [0.2, 0.25) is 5.78 Å². The van der Waals surface area contributed by atoms with Crippen LogP contribution < -0.4 is 0 Å². The zero-order chi connectivity index (χ0) is 8.48. The Kier molecular flexibility index (Phi) is 2.20. The van der Waals surface area contributed by atoms with E-state index in [0.717, 1.165) is 0 Å². The molecule has 11 heavy (non-hydrogen) atoms. The van der Waals surface area contributed by atoms with Crippen molar-refractivity contribution in [2.45, 2.75) is 18.9 Å². The molecule has 0 aromatic carbocycles. The molecule has 1 aliphatic heterocycles. The zero-order valence-electron chi connectivity index (χ0n) is 6.13. The summed E-state index contributed by atoms with van der Waals surface area (Å²) < 4.78 is 5.02. The fourth-order valence-corrected chi connectivity index (χ4v) is 1.21. The summed E-state index contributed by atoms with van der Waals surface area (Å²) in [4.78, 5) is 11.1. The Morgan fingerprint density at radius 2 is 2.45 bits per heavy atom. The third-order valence-corrected chi connectivity index (χ3v) is 1.86. The summed E-state index contributed by atoms with van der Waals surface area (Å²) in [5.41, 5.74) is -0.939. The quantitative estimate of drug-likeness (QED) is 0.677. The third kappa shape index (κ3) is 1.54. The number of carbonyl (C=O) groups excluding carboxylic acids is 1. The van der Waals surface area contributed by atoms with E-state index in [2.05, 4.69) is 0 Å². The number of ether oxygens (including phenoxy) is 1. The number of halogens is 1. The summed E-state index contributed by atoms with van der Waals surface area (Å²) in [6.45, 7) is 1.53. The number of rotatable bonds is 2. The van der Waals surface area contributed by atoms with Crippen LogP contribution in [0.5, 0.6) is 0 Å². The average Bonchev–Trinajstić information content (AvgIpc) is 2.08. The molecule has 1 N–H and O–H groups in total. The maximum absolute atomic E-state index is 11.1. The molecule has 1 aliphatic rings. The molecule has 62 valence electrons. The molecule has 0 aromatic rings. The summed E-state index contributed by atoms with van der Waals surface area (Å²) in [5, 5.41) is 8.70. The van der Waals surface area contributed by atoms with Crippen molar-refractivity contribution in [3.63, 3.8) is 0 Å². The van der Waals surface area contributed by atoms with E-state index in [1.165, 1.54) is 6.08 Å². The van der Waals surface area contributed by atoms with Crippen LogP contribution in [0.2, 0.25) is 0 Å². The SMILES string of the molecule is CC1(CCO)OC(Cl)=CC1=O. The van der Waals surface area contributed by atoms with E-state index in [1.54, 1.807) is 6.92 Å². The van der Waals surface area contributed by atoms with Gasteiger partial charge >= 0.3 is 0 Å². The Hall–Kier alpha value is -0.540. The van der Waals surface area contributed by atoms with E-state index in [0.29, 0.717) is 0 Å². The van der Waals surface area contributed by atoms with Crippen molar-refractivity contribution < 1.29 is 14.6 Å². The summed E-state index contributed by atoms with van der Waals surface area (Å²) in [6.07, 6.45) is 1.51. The molecular formula is C7H9ClO3. The molecule has 0 radical (unpaired) electrons. The minimum atomic E-state index is -0.939. The van der Waals surface area contributed by atoms with Crippen molar-refractivity contribution in [1.29, 1.82) is 0 Å². The Bertz CT molecular complexity index is 212. The summed E-state index contributed by atoms with van der Waals surface area (Å²) in [6, 6.07) is 0. The monoisotopic (exact) mass is 176 g/mol. The maximum atomic E-state index is 11.1. The molecule has 0 amide bonds. The van der Waals surface area contributed by atoms with Crippen LogP contribution in [-0.4, -0.2) is 23.1 Å². The highest BCUT2D eigenvalue weighted by molar-refractivity contribution is 6.31. The van der Waals surface area contributed by atoms with E-state index < -0.39 is 5.60 Å². The van der Waals surface area contributed by atoms with Crippen molar-refractivity contribution in [3.8, 4) is 0 Å². The topological polar surface area (TPSA) is 46.5 Å². The molecule has 0 saturated heterocycles. The highest BCUT2D eigenvalue weighted by atomic mass is 35.5. The lowest BCUT2D eigenvalue weighted by Gasteiger charge is -2.20. The van der Waals surface area contributed by atoms with Gasteiger partial charge in [-0.15, -0.1) is 0 Å². The minimum absolute atomic E-state index is 0.0831. The number of aliphatic hydroxyl groups is 1. The van der Waals surface area contributed by atoms with Crippen LogP contribution in [0.15, 0.2) is 11.3 Å². The Morgan fingerprint density at radius 3 is 2.82 bits per heavy atom. The van der Waals surface area contributed by atoms with Crippen LogP contribution in [0.4, 0.5) is 0 Å². The number of hydrogen-bond donors (Lipinski definition) is 1. The van der Waals surface area contributed by atoms with E-state index in [-0.39, 0.29) is 24.0 Å². The Labute approximate surface area is 69.6 Å². The fourth-order valence-electron chi connectivity index (χ4n) is 0.938. The zero-order valence-corrected chi connectivity index (χ0v) is 6.89. The largest absolute Gasteiger partial charge is 0.468 e. The molecule has 1 atom stereocenters. The van der Waals surface area contributed by atoms with Gasteiger partial charge in [0.1, 0.15) is 0 Å². The van der Waals surface area contributed by atoms with Crippen LogP contribution in [0.3, 0.4) is 0 Å². The Balaban J connectivity index is 2.70. The van der Waals surface area contributed by atoms with Gasteiger partial charge in [-0.3, -0.25) is 4.79 Å². The van der Waals surface area contributed by atoms with E-state index in [9.17, 15) is 4.79 Å². The summed E-state index contributed by atoms with van der Waals surface area (Å²) >= 11 is 5.46. The second-order valence-electron chi connectivity index (χ2n) is 2.62. The smallest absolute Gasteiger partial charge is 0.203 e. The van der Waals surface area contributed by atoms with Gasteiger partial charge in [-0.2, -0.15) is 0 Å². The summed E-state index contributed by atoms with van der Waals surface area (Å²) in [7, 11) is 0. The predicted octanol–water partition coefficient (Wildman–Crippen LogP) is 0.807. The molecule has 0 bridgehead atoms. The highest BCUT2D eigenvalue weighted by Gasteiger charge is 2.38. The normalized spacial score (nSPS) is 30.1. The third-order valence-electron chi connectivity index (χ3n) is 1.68. The lowest BCUT2D eigenvalue weighted by molar-refractivity contribution is -0.129. The standard InChI is InChI=1S/C7H9ClO3/c1-7(2-3-9)5(10)4-6(8)11-7/h4,9H,2-3H2,1H3. The van der Waals surface area contributed by atoms with E-state index >= 15 is 0 Å². The highest BCUT2D eigenvalue weighted by Crippen LogP contribution is 2.29. The predicted molar refractivity (Wildman–Crippen MR) is 40.1 cm³/mol. The molecule has 0 spiro atoms. The first kappa shape index (κ1) is 8.56. The second kappa shape index (κ2) is 2.83. The van der Waals surface area contributed by atoms with Gasteiger partial charge in [0.15, 0.2) is 10.8 Å². The molecule has 4 heteroatoms. The molecule has 1 heterocycles. The van der Waals surface area contributed by atoms with Crippen molar-refractivity contribution in [2.75, 3.05) is 6.61 Å². The first-order valence-corrected chi connectivity index (χ1v) is 3.68. The van der Waals surface area contributed by atoms with Gasteiger partial charge in [-0.05, 0) is 18.5 Å². The van der Waals surface area contributed by atoms with E-state index in [4.69, 9.17) is 21.4 Å². The second-order valence-corrected chi connectivity index (χ2v) is 2.99. The average molecular weight is 177 g/mol. The first-order chi connectivity index (χ1) is 5.08. The minimum Gasteiger partial charge on any atom is -0.468 e. The first-order valence-electron chi connectivity index (χ1n) is 3.30. The number of aliphatic hydroxyl groups excluding tert-OH is 1. The van der Waals surface area contributed by atoms with Crippen molar-refractivity contribution in [3.05, 3.63) is 11.3 Å². The van der Waals surface area contributed by atoms with Crippen LogP contribution in [-0.2, 0) is 9.53 Å². The van der Waals surface area contributed by atoms with Gasteiger partial charge in [-0.25, -0.2) is 0 Å². The van der Waals surface area contributed by atoms with Gasteiger partial charge in [0, 0.05) is 19.1 Å². The molecule has 0 aromatic heterocycles. The van der Waals surface area contributed by atoms with Crippen LogP contribution in [0.25, 0.3) is 0 Å². The van der Waals surface area contributed by atoms with Gasteiger partial charge in [0.25, 0.3) is 0 Å². The van der Waals surface area contributed by atoms with E-state index in [1.807, 2.05) is 0 Å². The van der Waals surface area contributed by atoms with Crippen LogP contribution in [0, 0.1) is 0 Å². The van der Waals surface area contributed by atoms with Crippen molar-refractivity contribution in [1.82, 2.24) is 0 Å². The molecule has 3 nitrogen and oxygen atoms in total.